The number of esters is 1. The van der Waals surface area contributed by atoms with Gasteiger partial charge in [-0.05, 0) is 18.6 Å². The second-order valence-electron chi connectivity index (χ2n) is 4.71. The molecule has 112 valence electrons. The highest BCUT2D eigenvalue weighted by atomic mass is 32.2. The van der Waals surface area contributed by atoms with Gasteiger partial charge in [0.15, 0.2) is 0 Å². The van der Waals surface area contributed by atoms with Crippen molar-refractivity contribution in [3.63, 3.8) is 0 Å². The fraction of sp³-hybridized carbons (Fsp3) is 0.375. The number of carbonyl (C=O) groups is 2. The van der Waals surface area contributed by atoms with Crippen LogP contribution >= 0.6 is 11.8 Å². The fourth-order valence-corrected chi connectivity index (χ4v) is 3.56. The summed E-state index contributed by atoms with van der Waals surface area (Å²) >= 11 is 1.68. The van der Waals surface area contributed by atoms with E-state index in [1.165, 1.54) is 4.90 Å². The third-order valence-electron chi connectivity index (χ3n) is 3.28. The highest BCUT2D eigenvalue weighted by molar-refractivity contribution is 7.99. The Morgan fingerprint density at radius 2 is 2.24 bits per heavy atom. The lowest BCUT2D eigenvalue weighted by molar-refractivity contribution is -0.148. The summed E-state index contributed by atoms with van der Waals surface area (Å²) in [7, 11) is 0. The maximum Gasteiger partial charge on any atom is 0.325 e. The van der Waals surface area contributed by atoms with E-state index in [2.05, 4.69) is 6.58 Å². The third-order valence-corrected chi connectivity index (χ3v) is 4.47. The molecule has 0 saturated heterocycles. The summed E-state index contributed by atoms with van der Waals surface area (Å²) in [6, 6.07) is 7.91. The van der Waals surface area contributed by atoms with Gasteiger partial charge in [0.05, 0.1) is 12.5 Å². The molecule has 0 fully saturated rings. The van der Waals surface area contributed by atoms with Gasteiger partial charge in [0.25, 0.3) is 0 Å². The molecule has 1 unspecified atom stereocenters. The highest BCUT2D eigenvalue weighted by Crippen LogP contribution is 2.40. The number of rotatable bonds is 6. The predicted molar refractivity (Wildman–Crippen MR) is 83.3 cm³/mol. The van der Waals surface area contributed by atoms with Crippen molar-refractivity contribution in [2.24, 2.45) is 0 Å². The average molecular weight is 305 g/mol. The first-order valence-electron chi connectivity index (χ1n) is 6.94. The maximum absolute atomic E-state index is 12.7. The Balaban J connectivity index is 2.12. The van der Waals surface area contributed by atoms with Crippen LogP contribution in [0.1, 0.15) is 18.4 Å². The standard InChI is InChI=1S/C16H19NO3S/c1-3-9-17(10-15(18)20-4-2)16(19)13-11-21-14-8-6-5-7-12(13)14/h3,5-8,13H,1,4,9-11H2,2H3. The molecule has 1 heterocycles. The fourth-order valence-electron chi connectivity index (χ4n) is 2.34. The average Bonchev–Trinajstić information content (AvgIpc) is 2.90. The number of hydrogen-bond donors (Lipinski definition) is 0. The zero-order valence-corrected chi connectivity index (χ0v) is 12.9. The molecule has 21 heavy (non-hydrogen) atoms. The molecule has 0 aliphatic carbocycles. The first kappa shape index (κ1) is 15.6. The van der Waals surface area contributed by atoms with Crippen molar-refractivity contribution < 1.29 is 14.3 Å². The van der Waals surface area contributed by atoms with Crippen molar-refractivity contribution >= 4 is 23.6 Å². The zero-order chi connectivity index (χ0) is 15.2. The van der Waals surface area contributed by atoms with E-state index >= 15 is 0 Å². The normalized spacial score (nSPS) is 16.1. The Bertz CT molecular complexity index is 544. The van der Waals surface area contributed by atoms with Gasteiger partial charge in [-0.3, -0.25) is 9.59 Å². The number of nitrogens with zero attached hydrogens (tertiary/aromatic N) is 1. The lowest BCUT2D eigenvalue weighted by atomic mass is 10.00. The Kier molecular flexibility index (Phi) is 5.44. The van der Waals surface area contributed by atoms with Gasteiger partial charge in [-0.15, -0.1) is 18.3 Å². The predicted octanol–water partition coefficient (Wildman–Crippen LogP) is 2.45. The summed E-state index contributed by atoms with van der Waals surface area (Å²) in [5, 5.41) is 0. The maximum atomic E-state index is 12.7. The van der Waals surface area contributed by atoms with Gasteiger partial charge in [-0.1, -0.05) is 24.3 Å². The van der Waals surface area contributed by atoms with E-state index in [0.29, 0.717) is 18.9 Å². The zero-order valence-electron chi connectivity index (χ0n) is 12.1. The topological polar surface area (TPSA) is 46.6 Å². The second-order valence-corrected chi connectivity index (χ2v) is 5.78. The van der Waals surface area contributed by atoms with Crippen molar-refractivity contribution in [2.75, 3.05) is 25.4 Å². The van der Waals surface area contributed by atoms with E-state index in [-0.39, 0.29) is 24.3 Å². The number of amides is 1. The molecule has 0 N–H and O–H groups in total. The van der Waals surface area contributed by atoms with Crippen molar-refractivity contribution in [1.29, 1.82) is 0 Å². The summed E-state index contributed by atoms with van der Waals surface area (Å²) in [5.74, 6) is 0.0990. The molecule has 1 aromatic carbocycles. The first-order valence-corrected chi connectivity index (χ1v) is 7.93. The van der Waals surface area contributed by atoms with Gasteiger partial charge in [0.1, 0.15) is 6.54 Å². The molecule has 1 aliphatic rings. The van der Waals surface area contributed by atoms with Gasteiger partial charge in [0.2, 0.25) is 5.91 Å². The van der Waals surface area contributed by atoms with E-state index < -0.39 is 0 Å². The quantitative estimate of drug-likeness (QED) is 0.598. The largest absolute Gasteiger partial charge is 0.465 e. The van der Waals surface area contributed by atoms with Crippen LogP contribution in [0.5, 0.6) is 0 Å². The molecule has 0 aromatic heterocycles. The number of carbonyl (C=O) groups excluding carboxylic acids is 2. The number of fused-ring (bicyclic) bond motifs is 1. The monoisotopic (exact) mass is 305 g/mol. The minimum absolute atomic E-state index is 0.0258. The van der Waals surface area contributed by atoms with E-state index in [1.807, 2.05) is 24.3 Å². The van der Waals surface area contributed by atoms with Crippen molar-refractivity contribution in [3.8, 4) is 0 Å². The molecule has 0 radical (unpaired) electrons. The first-order chi connectivity index (χ1) is 10.2. The van der Waals surface area contributed by atoms with Crippen LogP contribution in [0.3, 0.4) is 0 Å². The number of hydrogen-bond acceptors (Lipinski definition) is 4. The van der Waals surface area contributed by atoms with Crippen LogP contribution in [-0.2, 0) is 14.3 Å². The van der Waals surface area contributed by atoms with Crippen LogP contribution in [0.4, 0.5) is 0 Å². The van der Waals surface area contributed by atoms with Crippen LogP contribution in [0.15, 0.2) is 41.8 Å². The summed E-state index contributed by atoms with van der Waals surface area (Å²) in [6.45, 7) is 6.05. The summed E-state index contributed by atoms with van der Waals surface area (Å²) in [6.07, 6.45) is 1.63. The van der Waals surface area contributed by atoms with Crippen molar-refractivity contribution in [3.05, 3.63) is 42.5 Å². The number of ether oxygens (including phenoxy) is 1. The molecular formula is C16H19NO3S. The lowest BCUT2D eigenvalue weighted by Crippen LogP contribution is -2.39. The molecule has 2 rings (SSSR count). The van der Waals surface area contributed by atoms with Crippen molar-refractivity contribution in [1.82, 2.24) is 4.90 Å². The molecule has 1 aliphatic heterocycles. The molecule has 1 atom stereocenters. The minimum Gasteiger partial charge on any atom is -0.465 e. The van der Waals surface area contributed by atoms with E-state index in [0.717, 1.165) is 10.5 Å². The van der Waals surface area contributed by atoms with Crippen LogP contribution in [-0.4, -0.2) is 42.2 Å². The van der Waals surface area contributed by atoms with Gasteiger partial charge < -0.3 is 9.64 Å². The third kappa shape index (κ3) is 3.67. The van der Waals surface area contributed by atoms with E-state index in [1.54, 1.807) is 24.8 Å². The Labute approximate surface area is 129 Å². The van der Waals surface area contributed by atoms with Gasteiger partial charge >= 0.3 is 5.97 Å². The highest BCUT2D eigenvalue weighted by Gasteiger charge is 2.32. The Morgan fingerprint density at radius 1 is 1.48 bits per heavy atom. The summed E-state index contributed by atoms with van der Waals surface area (Å²) in [4.78, 5) is 27.0. The number of thioether (sulfide) groups is 1. The molecule has 1 aromatic rings. The molecule has 0 saturated carbocycles. The van der Waals surface area contributed by atoms with Crippen LogP contribution < -0.4 is 0 Å². The van der Waals surface area contributed by atoms with Crippen LogP contribution in [0.2, 0.25) is 0 Å². The van der Waals surface area contributed by atoms with Gasteiger partial charge in [-0.25, -0.2) is 0 Å². The molecular weight excluding hydrogens is 286 g/mol. The number of benzene rings is 1. The molecule has 0 bridgehead atoms. The van der Waals surface area contributed by atoms with E-state index in [4.69, 9.17) is 4.74 Å². The van der Waals surface area contributed by atoms with Gasteiger partial charge in [-0.2, -0.15) is 0 Å². The Morgan fingerprint density at radius 3 is 2.95 bits per heavy atom. The van der Waals surface area contributed by atoms with Crippen molar-refractivity contribution in [2.45, 2.75) is 17.7 Å². The molecule has 1 amide bonds. The van der Waals surface area contributed by atoms with Crippen LogP contribution in [0, 0.1) is 0 Å². The second kappa shape index (κ2) is 7.31. The summed E-state index contributed by atoms with van der Waals surface area (Å²) < 4.78 is 4.93. The smallest absolute Gasteiger partial charge is 0.325 e. The van der Waals surface area contributed by atoms with Gasteiger partial charge in [0, 0.05) is 17.2 Å². The van der Waals surface area contributed by atoms with Crippen LogP contribution in [0.25, 0.3) is 0 Å². The Hall–Kier alpha value is -1.75. The SMILES string of the molecule is C=CCN(CC(=O)OCC)C(=O)C1CSc2ccccc21. The molecule has 5 heteroatoms. The molecule has 0 spiro atoms. The summed E-state index contributed by atoms with van der Waals surface area (Å²) in [5.41, 5.74) is 1.05. The van der Waals surface area contributed by atoms with E-state index in [9.17, 15) is 9.59 Å². The molecule has 4 nitrogen and oxygen atoms in total. The lowest BCUT2D eigenvalue weighted by Gasteiger charge is -2.23. The minimum atomic E-state index is -0.383.